The number of hydrogen-bond acceptors (Lipinski definition) is 4. The molecule has 0 aromatic heterocycles. The zero-order valence-electron chi connectivity index (χ0n) is 12.2. The molecule has 0 atom stereocenters. The van der Waals surface area contributed by atoms with E-state index >= 15 is 0 Å². The van der Waals surface area contributed by atoms with Crippen molar-refractivity contribution in [2.24, 2.45) is 0 Å². The highest BCUT2D eigenvalue weighted by atomic mass is 32.2. The number of rotatable bonds is 3. The van der Waals surface area contributed by atoms with Crippen molar-refractivity contribution < 1.29 is 34.8 Å². The third-order valence-electron chi connectivity index (χ3n) is 4.02. The van der Waals surface area contributed by atoms with Gasteiger partial charge in [0.2, 0.25) is 0 Å². The number of benzene rings is 1. The van der Waals surface area contributed by atoms with Crippen LogP contribution in [0.2, 0.25) is 0 Å². The molecule has 6 nitrogen and oxygen atoms in total. The van der Waals surface area contributed by atoms with Crippen molar-refractivity contribution in [2.45, 2.75) is 41.5 Å². The summed E-state index contributed by atoms with van der Waals surface area (Å²) < 4.78 is 84.3. The van der Waals surface area contributed by atoms with E-state index in [9.17, 15) is 30.0 Å². The Kier molecular flexibility index (Phi) is 4.89. The summed E-state index contributed by atoms with van der Waals surface area (Å²) in [5.74, 6) is 0. The van der Waals surface area contributed by atoms with Crippen molar-refractivity contribution in [3.05, 3.63) is 35.4 Å². The van der Waals surface area contributed by atoms with Crippen LogP contribution in [0, 0.1) is 0 Å². The smallest absolute Gasteiger partial charge is 0.360 e. The number of nitrogens with zero attached hydrogens (tertiary/aromatic N) is 2. The molecule has 24 heavy (non-hydrogen) atoms. The van der Waals surface area contributed by atoms with Crippen molar-refractivity contribution in [3.63, 3.8) is 0 Å². The topological polar surface area (TPSA) is 105 Å². The highest BCUT2D eigenvalue weighted by Gasteiger charge is 2.55. The Bertz CT molecular complexity index is 853. The average Bonchev–Trinajstić information content (AvgIpc) is 2.97. The van der Waals surface area contributed by atoms with Crippen LogP contribution in [0.5, 0.6) is 0 Å². The minimum atomic E-state index is -4.64. The molecule has 0 radical (unpaired) electrons. The minimum absolute atomic E-state index is 0.0229. The summed E-state index contributed by atoms with van der Waals surface area (Å²) in [5, 5.41) is -0.941. The summed E-state index contributed by atoms with van der Waals surface area (Å²) in [5.41, 5.74) is 8.10. The first-order valence-corrected chi connectivity index (χ1v) is 9.51. The lowest BCUT2D eigenvalue weighted by Crippen LogP contribution is -2.43. The van der Waals surface area contributed by atoms with Crippen LogP contribution in [-0.4, -0.2) is 31.4 Å². The third-order valence-corrected chi connectivity index (χ3v) is 7.40. The van der Waals surface area contributed by atoms with E-state index < -0.39 is 47.0 Å². The predicted molar refractivity (Wildman–Crippen MR) is 78.8 cm³/mol. The maximum Gasteiger partial charge on any atom is 0.416 e. The molecule has 1 aliphatic rings. The molecule has 1 fully saturated rings. The number of halogens is 3. The molecule has 0 saturated heterocycles. The average molecular weight is 382 g/mol. The van der Waals surface area contributed by atoms with Crippen molar-refractivity contribution in [2.75, 3.05) is 0 Å². The summed E-state index contributed by atoms with van der Waals surface area (Å²) in [4.78, 5) is 2.14. The molecule has 0 aliphatic heterocycles. The fraction of sp³-hybridized carbons (Fsp3) is 0.462. The lowest BCUT2D eigenvalue weighted by molar-refractivity contribution is -0.137. The van der Waals surface area contributed by atoms with Crippen LogP contribution in [0.4, 0.5) is 13.2 Å². The Morgan fingerprint density at radius 3 is 2.00 bits per heavy atom. The van der Waals surface area contributed by atoms with Crippen LogP contribution < -0.4 is 0 Å². The molecular weight excluding hydrogens is 369 g/mol. The monoisotopic (exact) mass is 382 g/mol. The number of alkyl halides is 3. The van der Waals surface area contributed by atoms with Crippen molar-refractivity contribution in [3.8, 4) is 0 Å². The maximum atomic E-state index is 12.6. The van der Waals surface area contributed by atoms with E-state index in [1.165, 1.54) is 0 Å². The van der Waals surface area contributed by atoms with Crippen LogP contribution in [0.25, 0.3) is 5.53 Å². The van der Waals surface area contributed by atoms with Gasteiger partial charge in [-0.15, -0.1) is 0 Å². The number of sulfone groups is 1. The van der Waals surface area contributed by atoms with Gasteiger partial charge in [-0.1, -0.05) is 12.8 Å². The van der Waals surface area contributed by atoms with Gasteiger partial charge in [0.1, 0.15) is 0 Å². The Balaban J connectivity index is 2.54. The van der Waals surface area contributed by atoms with Crippen LogP contribution in [0.1, 0.15) is 31.2 Å². The lowest BCUT2D eigenvalue weighted by atomic mass is 10.1. The Morgan fingerprint density at radius 1 is 1.12 bits per heavy atom. The molecule has 1 aromatic rings. The van der Waals surface area contributed by atoms with Crippen molar-refractivity contribution >= 4 is 25.6 Å². The second kappa shape index (κ2) is 6.30. The second-order valence-corrected chi connectivity index (χ2v) is 8.66. The van der Waals surface area contributed by atoms with E-state index in [1.807, 2.05) is 0 Å². The first-order chi connectivity index (χ1) is 11.1. The molecule has 0 heterocycles. The minimum Gasteiger partial charge on any atom is -0.360 e. The van der Waals surface area contributed by atoms with Gasteiger partial charge in [0.05, 0.1) is 10.5 Å². The van der Waals surface area contributed by atoms with Crippen LogP contribution in [-0.2, 0) is 26.7 Å². The van der Waals surface area contributed by atoms with Gasteiger partial charge in [-0.2, -0.15) is 18.0 Å². The maximum absolute atomic E-state index is 12.6. The van der Waals surface area contributed by atoms with Gasteiger partial charge < -0.3 is 5.53 Å². The number of thiol groups is 1. The molecule has 0 bridgehead atoms. The Hall–Kier alpha value is -1.71. The summed E-state index contributed by atoms with van der Waals surface area (Å²) in [6.07, 6.45) is -3.81. The predicted octanol–water partition coefficient (Wildman–Crippen LogP) is 2.03. The first-order valence-electron chi connectivity index (χ1n) is 6.85. The molecule has 1 aliphatic carbocycles. The van der Waals surface area contributed by atoms with Crippen LogP contribution >= 0.6 is 0 Å². The lowest BCUT2D eigenvalue weighted by Gasteiger charge is -2.16. The normalized spacial score (nSPS) is 17.7. The van der Waals surface area contributed by atoms with E-state index in [0.29, 0.717) is 37.1 Å². The van der Waals surface area contributed by atoms with Gasteiger partial charge in [0.25, 0.3) is 9.84 Å². The summed E-state index contributed by atoms with van der Waals surface area (Å²) in [7, 11) is -7.81. The SMILES string of the molecule is [N-]=[N+]=C(C1([SH](=O)=O)CCCC1)S(=O)(=O)c1ccc(C(F)(F)F)cc1. The van der Waals surface area contributed by atoms with E-state index in [0.717, 1.165) is 0 Å². The van der Waals surface area contributed by atoms with E-state index in [4.69, 9.17) is 5.53 Å². The van der Waals surface area contributed by atoms with Gasteiger partial charge in [0.15, 0.2) is 15.5 Å². The molecule has 0 N–H and O–H groups in total. The fourth-order valence-electron chi connectivity index (χ4n) is 2.77. The van der Waals surface area contributed by atoms with Gasteiger partial charge in [-0.25, -0.2) is 16.8 Å². The first kappa shape index (κ1) is 18.6. The number of hydrogen-bond donors (Lipinski definition) is 1. The molecule has 1 aromatic carbocycles. The van der Waals surface area contributed by atoms with E-state index in [1.54, 1.807) is 0 Å². The molecule has 132 valence electrons. The van der Waals surface area contributed by atoms with Gasteiger partial charge >= 0.3 is 11.2 Å². The van der Waals surface area contributed by atoms with Gasteiger partial charge in [0, 0.05) is 0 Å². The summed E-state index contributed by atoms with van der Waals surface area (Å²) in [6, 6.07) is 2.56. The zero-order valence-corrected chi connectivity index (χ0v) is 13.9. The van der Waals surface area contributed by atoms with Crippen LogP contribution in [0.3, 0.4) is 0 Å². The molecule has 2 rings (SSSR count). The molecule has 0 amide bonds. The Morgan fingerprint density at radius 2 is 1.62 bits per heavy atom. The molecule has 1 saturated carbocycles. The molecular formula is C13H13F3N2O4S2. The summed E-state index contributed by atoms with van der Waals surface area (Å²) >= 11 is 0. The van der Waals surface area contributed by atoms with Crippen molar-refractivity contribution in [1.82, 2.24) is 0 Å². The van der Waals surface area contributed by atoms with E-state index in [-0.39, 0.29) is 12.8 Å². The summed E-state index contributed by atoms with van der Waals surface area (Å²) in [6.45, 7) is 0. The van der Waals surface area contributed by atoms with Crippen molar-refractivity contribution in [1.29, 1.82) is 0 Å². The van der Waals surface area contributed by atoms with E-state index in [2.05, 4.69) is 4.79 Å². The zero-order chi connectivity index (χ0) is 18.2. The van der Waals surface area contributed by atoms with Gasteiger partial charge in [-0.05, 0) is 37.1 Å². The quantitative estimate of drug-likeness (QED) is 0.284. The van der Waals surface area contributed by atoms with Crippen LogP contribution in [0.15, 0.2) is 29.2 Å². The largest absolute Gasteiger partial charge is 0.416 e. The third kappa shape index (κ3) is 3.11. The fourth-order valence-corrected chi connectivity index (χ4v) is 5.76. The Labute approximate surface area is 137 Å². The molecule has 0 spiro atoms. The second-order valence-electron chi connectivity index (χ2n) is 5.43. The highest BCUT2D eigenvalue weighted by molar-refractivity contribution is 8.07. The standard InChI is InChI=1S/C13H13F3N2O4S2/c14-13(15,16)9-3-5-10(6-4-9)24(21,22)11(18-17)12(23(19)20)7-1-2-8-12/h3-6,23H,1-2,7-8H2. The highest BCUT2D eigenvalue weighted by Crippen LogP contribution is 2.37. The molecule has 11 heteroatoms. The van der Waals surface area contributed by atoms with Gasteiger partial charge in [-0.3, -0.25) is 0 Å². The molecule has 0 unspecified atom stereocenters.